The van der Waals surface area contributed by atoms with Crippen LogP contribution < -0.4 is 10.6 Å². The first-order chi connectivity index (χ1) is 12.6. The molecule has 1 aliphatic rings. The van der Waals surface area contributed by atoms with Crippen LogP contribution in [0.25, 0.3) is 11.3 Å². The zero-order valence-corrected chi connectivity index (χ0v) is 16.1. The molecule has 0 bridgehead atoms. The van der Waals surface area contributed by atoms with Crippen LogP contribution in [-0.2, 0) is 9.53 Å². The van der Waals surface area contributed by atoms with E-state index in [1.165, 1.54) is 23.1 Å². The third kappa shape index (κ3) is 4.25. The largest absolute Gasteiger partial charge is 0.463 e. The van der Waals surface area contributed by atoms with Gasteiger partial charge in [-0.25, -0.2) is 14.6 Å². The minimum Gasteiger partial charge on any atom is -0.463 e. The van der Waals surface area contributed by atoms with Crippen molar-refractivity contribution in [2.75, 3.05) is 12.4 Å². The van der Waals surface area contributed by atoms with E-state index < -0.39 is 12.0 Å². The first-order valence-electron chi connectivity index (χ1n) is 8.20. The lowest BCUT2D eigenvalue weighted by Gasteiger charge is -2.26. The van der Waals surface area contributed by atoms with Gasteiger partial charge in [-0.1, -0.05) is 42.1 Å². The van der Waals surface area contributed by atoms with Crippen LogP contribution in [0.4, 0.5) is 4.79 Å². The zero-order chi connectivity index (χ0) is 18.5. The van der Waals surface area contributed by atoms with Gasteiger partial charge in [-0.15, -0.1) is 11.3 Å². The van der Waals surface area contributed by atoms with Crippen LogP contribution in [0.1, 0.15) is 13.8 Å². The van der Waals surface area contributed by atoms with Gasteiger partial charge in [0.25, 0.3) is 0 Å². The number of aromatic nitrogens is 1. The van der Waals surface area contributed by atoms with E-state index in [9.17, 15) is 9.59 Å². The molecular formula is C18H19N3O3S2. The monoisotopic (exact) mass is 389 g/mol. The number of amides is 2. The fourth-order valence-corrected chi connectivity index (χ4v) is 4.40. The van der Waals surface area contributed by atoms with Gasteiger partial charge in [-0.2, -0.15) is 0 Å². The number of nitrogens with one attached hydrogen (secondary N) is 2. The molecule has 1 atom stereocenters. The highest BCUT2D eigenvalue weighted by molar-refractivity contribution is 8.01. The molecule has 2 aromatic rings. The number of hydrogen-bond acceptors (Lipinski definition) is 6. The highest BCUT2D eigenvalue weighted by Crippen LogP contribution is 2.30. The minimum absolute atomic E-state index is 0.288. The quantitative estimate of drug-likeness (QED) is 0.584. The summed E-state index contributed by atoms with van der Waals surface area (Å²) >= 11 is 3.02. The molecule has 1 aromatic heterocycles. The number of nitrogens with zero attached hydrogens (tertiary/aromatic N) is 1. The van der Waals surface area contributed by atoms with Crippen LogP contribution in [0, 0.1) is 0 Å². The SMILES string of the molecule is CCOC(=O)C1=C(CSc2nc(-c3ccccc3)cs2)NC(=O)N[C@@H]1C. The molecule has 0 radical (unpaired) electrons. The second-order valence-electron chi connectivity index (χ2n) is 5.59. The molecule has 8 heteroatoms. The standard InChI is InChI=1S/C18H19N3O3S2/c1-3-24-16(22)15-11(2)19-17(23)20-14(15)10-26-18-21-13(9-25-18)12-7-5-4-6-8-12/h4-9,11H,3,10H2,1-2H3,(H2,19,20,23)/t11-/m1/s1. The predicted octanol–water partition coefficient (Wildman–Crippen LogP) is 3.42. The van der Waals surface area contributed by atoms with Gasteiger partial charge in [-0.3, -0.25) is 0 Å². The maximum Gasteiger partial charge on any atom is 0.337 e. The summed E-state index contributed by atoms with van der Waals surface area (Å²) in [5.41, 5.74) is 3.01. The molecule has 0 saturated carbocycles. The summed E-state index contributed by atoms with van der Waals surface area (Å²) in [5, 5.41) is 7.42. The Morgan fingerprint density at radius 3 is 2.85 bits per heavy atom. The van der Waals surface area contributed by atoms with Gasteiger partial charge in [0.15, 0.2) is 4.34 Å². The molecular weight excluding hydrogens is 370 g/mol. The first kappa shape index (κ1) is 18.5. The number of rotatable bonds is 6. The summed E-state index contributed by atoms with van der Waals surface area (Å²) in [4.78, 5) is 28.6. The fraction of sp³-hybridized carbons (Fsp3) is 0.278. The van der Waals surface area contributed by atoms with E-state index in [0.717, 1.165) is 15.6 Å². The van der Waals surface area contributed by atoms with Crippen molar-refractivity contribution in [2.24, 2.45) is 0 Å². The zero-order valence-electron chi connectivity index (χ0n) is 14.4. The number of ether oxygens (including phenoxy) is 1. The van der Waals surface area contributed by atoms with E-state index in [1.807, 2.05) is 35.7 Å². The molecule has 1 aromatic carbocycles. The second-order valence-corrected chi connectivity index (χ2v) is 7.67. The first-order valence-corrected chi connectivity index (χ1v) is 10.1. The third-order valence-corrected chi connectivity index (χ3v) is 5.81. The lowest BCUT2D eigenvalue weighted by Crippen LogP contribution is -2.49. The van der Waals surface area contributed by atoms with Gasteiger partial charge < -0.3 is 15.4 Å². The molecule has 1 aliphatic heterocycles. The molecule has 3 rings (SSSR count). The molecule has 2 amide bonds. The molecule has 136 valence electrons. The van der Waals surface area contributed by atoms with Crippen molar-refractivity contribution >= 4 is 35.1 Å². The average Bonchev–Trinajstić information content (AvgIpc) is 3.09. The second kappa shape index (κ2) is 8.37. The van der Waals surface area contributed by atoms with Crippen LogP contribution in [0.2, 0.25) is 0 Å². The maximum absolute atomic E-state index is 12.2. The Hall–Kier alpha value is -2.32. The van der Waals surface area contributed by atoms with Crippen molar-refractivity contribution in [3.05, 3.63) is 47.0 Å². The van der Waals surface area contributed by atoms with Crippen molar-refractivity contribution in [1.82, 2.24) is 15.6 Å². The Bertz CT molecular complexity index is 833. The normalized spacial score (nSPS) is 16.8. The van der Waals surface area contributed by atoms with Gasteiger partial charge in [0.05, 0.1) is 23.9 Å². The van der Waals surface area contributed by atoms with Gasteiger partial charge >= 0.3 is 12.0 Å². The Labute approximate surface area is 160 Å². The molecule has 26 heavy (non-hydrogen) atoms. The van der Waals surface area contributed by atoms with Crippen molar-refractivity contribution in [3.8, 4) is 11.3 Å². The van der Waals surface area contributed by atoms with E-state index in [-0.39, 0.29) is 12.6 Å². The van der Waals surface area contributed by atoms with Crippen molar-refractivity contribution in [2.45, 2.75) is 24.2 Å². The number of hydrogen-bond donors (Lipinski definition) is 2. The average molecular weight is 390 g/mol. The van der Waals surface area contributed by atoms with E-state index in [4.69, 9.17) is 4.74 Å². The summed E-state index contributed by atoms with van der Waals surface area (Å²) in [7, 11) is 0. The van der Waals surface area contributed by atoms with Crippen LogP contribution >= 0.6 is 23.1 Å². The van der Waals surface area contributed by atoms with Crippen molar-refractivity contribution in [1.29, 1.82) is 0 Å². The molecule has 6 nitrogen and oxygen atoms in total. The Kier molecular flexibility index (Phi) is 5.95. The summed E-state index contributed by atoms with van der Waals surface area (Å²) in [6.45, 7) is 3.82. The number of thiazole rings is 1. The van der Waals surface area contributed by atoms with Gasteiger partial charge in [-0.05, 0) is 13.8 Å². The van der Waals surface area contributed by atoms with E-state index in [1.54, 1.807) is 13.8 Å². The lowest BCUT2D eigenvalue weighted by atomic mass is 10.1. The molecule has 2 N–H and O–H groups in total. The maximum atomic E-state index is 12.2. The number of urea groups is 1. The minimum atomic E-state index is -0.410. The highest BCUT2D eigenvalue weighted by atomic mass is 32.2. The Balaban J connectivity index is 1.76. The fourth-order valence-electron chi connectivity index (χ4n) is 2.59. The number of carbonyl (C=O) groups excluding carboxylic acids is 2. The summed E-state index contributed by atoms with van der Waals surface area (Å²) < 4.78 is 6.00. The molecule has 0 fully saturated rings. The van der Waals surface area contributed by atoms with Crippen LogP contribution in [0.15, 0.2) is 51.3 Å². The molecule has 0 saturated heterocycles. The number of esters is 1. The van der Waals surface area contributed by atoms with E-state index in [0.29, 0.717) is 17.0 Å². The molecule has 2 heterocycles. The number of carbonyl (C=O) groups is 2. The smallest absolute Gasteiger partial charge is 0.337 e. The predicted molar refractivity (Wildman–Crippen MR) is 103 cm³/mol. The van der Waals surface area contributed by atoms with Crippen LogP contribution in [0.5, 0.6) is 0 Å². The van der Waals surface area contributed by atoms with Gasteiger partial charge in [0, 0.05) is 22.4 Å². The van der Waals surface area contributed by atoms with Crippen LogP contribution in [-0.4, -0.2) is 35.4 Å². The van der Waals surface area contributed by atoms with Crippen LogP contribution in [0.3, 0.4) is 0 Å². The lowest BCUT2D eigenvalue weighted by molar-refractivity contribution is -0.138. The third-order valence-electron chi connectivity index (χ3n) is 3.76. The molecule has 0 unspecified atom stereocenters. The van der Waals surface area contributed by atoms with Gasteiger partial charge in [0.2, 0.25) is 0 Å². The summed E-state index contributed by atoms with van der Waals surface area (Å²) in [5.74, 6) is 0.0282. The van der Waals surface area contributed by atoms with Crippen molar-refractivity contribution in [3.63, 3.8) is 0 Å². The van der Waals surface area contributed by atoms with Gasteiger partial charge in [0.1, 0.15) is 0 Å². The molecule has 0 aliphatic carbocycles. The number of benzene rings is 1. The topological polar surface area (TPSA) is 80.3 Å². The molecule has 0 spiro atoms. The van der Waals surface area contributed by atoms with Crippen molar-refractivity contribution < 1.29 is 14.3 Å². The summed E-state index contributed by atoms with van der Waals surface area (Å²) in [6.07, 6.45) is 0. The van der Waals surface area contributed by atoms with E-state index >= 15 is 0 Å². The Morgan fingerprint density at radius 2 is 2.12 bits per heavy atom. The number of thioether (sulfide) groups is 1. The Morgan fingerprint density at radius 1 is 1.35 bits per heavy atom. The summed E-state index contributed by atoms with van der Waals surface area (Å²) in [6, 6.07) is 9.24. The van der Waals surface area contributed by atoms with E-state index in [2.05, 4.69) is 15.6 Å². The highest BCUT2D eigenvalue weighted by Gasteiger charge is 2.29.